The third-order valence-electron chi connectivity index (χ3n) is 14.8. The minimum atomic E-state index is -0.935. The molecule has 0 radical (unpaired) electrons. The number of likely N-dealkylation sites (tertiary alicyclic amines) is 3. The molecule has 4 saturated heterocycles. The van der Waals surface area contributed by atoms with Gasteiger partial charge in [0.1, 0.15) is 23.6 Å². The van der Waals surface area contributed by atoms with E-state index >= 15 is 0 Å². The number of benzene rings is 3. The van der Waals surface area contributed by atoms with Gasteiger partial charge in [0.15, 0.2) is 0 Å². The zero-order valence-corrected chi connectivity index (χ0v) is 38.6. The fourth-order valence-electron chi connectivity index (χ4n) is 10.9. The van der Waals surface area contributed by atoms with Crippen molar-refractivity contribution in [3.8, 4) is 11.3 Å². The number of halogens is 1. The normalized spacial score (nSPS) is 20.7. The van der Waals surface area contributed by atoms with E-state index in [4.69, 9.17) is 12.2 Å². The van der Waals surface area contributed by atoms with Crippen LogP contribution in [-0.2, 0) is 20.9 Å². The second-order valence-electron chi connectivity index (χ2n) is 19.3. The van der Waals surface area contributed by atoms with Gasteiger partial charge in [0, 0.05) is 80.8 Å². The van der Waals surface area contributed by atoms with Crippen molar-refractivity contribution < 1.29 is 29.7 Å². The molecule has 69 heavy (non-hydrogen) atoms. The number of piperidine rings is 4. The van der Waals surface area contributed by atoms with E-state index < -0.39 is 29.6 Å². The van der Waals surface area contributed by atoms with Crippen LogP contribution in [0.25, 0.3) is 11.3 Å². The van der Waals surface area contributed by atoms with Crippen LogP contribution in [0.3, 0.4) is 0 Å². The zero-order chi connectivity index (χ0) is 48.5. The molecule has 3 aromatic carbocycles. The molecule has 0 aliphatic carbocycles. The highest BCUT2D eigenvalue weighted by Gasteiger charge is 2.40. The van der Waals surface area contributed by atoms with Gasteiger partial charge in [-0.05, 0) is 123 Å². The lowest BCUT2D eigenvalue weighted by atomic mass is 9.91. The summed E-state index contributed by atoms with van der Waals surface area (Å²) in [6, 6.07) is 19.5. The first-order chi connectivity index (χ1) is 33.9. The lowest BCUT2D eigenvalue weighted by molar-refractivity contribution is -0.137. The van der Waals surface area contributed by atoms with Gasteiger partial charge in [-0.2, -0.15) is 5.10 Å². The third kappa shape index (κ3) is 10.2. The van der Waals surface area contributed by atoms with Gasteiger partial charge < -0.3 is 30.7 Å². The van der Waals surface area contributed by atoms with Crippen molar-refractivity contribution in [1.82, 2.24) is 44.7 Å². The van der Waals surface area contributed by atoms with Crippen LogP contribution in [-0.4, -0.2) is 127 Å². The summed E-state index contributed by atoms with van der Waals surface area (Å²) in [6.45, 7) is 7.85. The number of nitrogens with zero attached hydrogens (tertiary/aromatic N) is 8. The van der Waals surface area contributed by atoms with E-state index in [2.05, 4.69) is 30.4 Å². The van der Waals surface area contributed by atoms with Crippen LogP contribution in [0.1, 0.15) is 102 Å². The van der Waals surface area contributed by atoms with Crippen LogP contribution < -0.4 is 16.4 Å². The topological polar surface area (TPSA) is 192 Å². The lowest BCUT2D eigenvalue weighted by Gasteiger charge is -2.39. The Morgan fingerprint density at radius 1 is 0.855 bits per heavy atom. The number of carbonyl (C=O) groups is 5. The predicted octanol–water partition coefficient (Wildman–Crippen LogP) is 5.49. The molecule has 10 rings (SSSR count). The number of rotatable bonds is 12. The molecule has 16 nitrogen and oxygen atoms in total. The second kappa shape index (κ2) is 20.0. The van der Waals surface area contributed by atoms with Crippen LogP contribution >= 0.6 is 0 Å². The molecule has 17 heteroatoms. The maximum Gasteiger partial charge on any atom is 0.255 e. The number of hydrogen-bond acceptors (Lipinski definition) is 11. The Labute approximate surface area is 401 Å². The number of hydrogen-bond donors (Lipinski definition) is 3. The van der Waals surface area contributed by atoms with Crippen molar-refractivity contribution in [2.75, 3.05) is 63.4 Å². The minimum absolute atomic E-state index is 0.0289. The Bertz CT molecular complexity index is 2770. The monoisotopic (exact) mass is 936 g/mol. The number of carbonyl (C=O) groups excluding carboxylic acids is 5. The summed E-state index contributed by atoms with van der Waals surface area (Å²) in [5.41, 5.74) is 10.3. The van der Waals surface area contributed by atoms with Crippen molar-refractivity contribution >= 4 is 41.0 Å². The Hall–Kier alpha value is -6.85. The average molecular weight is 937 g/mol. The molecular weight excluding hydrogens is 878 g/mol. The van der Waals surface area contributed by atoms with E-state index in [0.29, 0.717) is 70.7 Å². The number of anilines is 2. The van der Waals surface area contributed by atoms with Gasteiger partial charge in [0.05, 0.1) is 31.2 Å². The van der Waals surface area contributed by atoms with Gasteiger partial charge in [-0.15, -0.1) is 0 Å². The smallest absolute Gasteiger partial charge is 0.255 e. The molecule has 7 heterocycles. The van der Waals surface area contributed by atoms with E-state index in [-0.39, 0.29) is 48.7 Å². The molecule has 0 bridgehead atoms. The molecule has 5 aliphatic heterocycles. The highest BCUT2D eigenvalue weighted by atomic mass is 19.1. The van der Waals surface area contributed by atoms with Crippen LogP contribution in [0.2, 0.25) is 0 Å². The van der Waals surface area contributed by atoms with Crippen LogP contribution in [0.4, 0.5) is 15.9 Å². The summed E-state index contributed by atoms with van der Waals surface area (Å²) in [7, 11) is 0. The van der Waals surface area contributed by atoms with Gasteiger partial charge >= 0.3 is 0 Å². The number of fused-ring (bicyclic) bond motifs is 1. The van der Waals surface area contributed by atoms with Crippen molar-refractivity contribution in [3.05, 3.63) is 125 Å². The SMILES string of the molecule is [2H]c1nc(-c2cnn(C3CCN(CC4CCN(CC5CCN(C(=O)c6ccc7c(c6)CN(C6CCC(=O)NC6=O)C7=O)CC5)CC4)CC3)c2)c([C@H](C(=O)Nc2ccc(F)cc2)c2ccccc2)nc1N. The Balaban J connectivity index is 0.685. The summed E-state index contributed by atoms with van der Waals surface area (Å²) >= 11 is 0. The fraction of sp³-hybridized carbons (Fsp3) is 0.423. The standard InChI is InChI=1S/C52H58FN11O5/c53-39-7-9-40(10-8-39)57-50(67)46(35-4-2-1-3-5-35)48-47(55-28-44(54)58-48)38-27-56-64(32-38)41-18-22-61(23-19-41)29-33-14-20-60(21-15-33)30-34-16-24-62(25-17-34)51(68)36-6-11-42-37(26-36)31-63(52(42)69)43-12-13-45(65)59-49(43)66/h1-11,26-28,32-34,41,43,46H,12-25,29-31H2,(H2,54,58)(H,57,67)(H,59,65,66)/t43?,46-/m1/s1/i28D. The molecule has 2 aromatic heterocycles. The number of imide groups is 1. The number of nitrogen functional groups attached to an aromatic ring is 1. The Morgan fingerprint density at radius 3 is 2.23 bits per heavy atom. The molecule has 4 fully saturated rings. The van der Waals surface area contributed by atoms with Crippen molar-refractivity contribution in [2.24, 2.45) is 11.8 Å². The zero-order valence-electron chi connectivity index (χ0n) is 39.6. The average Bonchev–Trinajstić information content (AvgIpc) is 3.99. The summed E-state index contributed by atoms with van der Waals surface area (Å²) in [5.74, 6) is -1.70. The first-order valence-corrected chi connectivity index (χ1v) is 24.3. The molecule has 0 saturated carbocycles. The second-order valence-corrected chi connectivity index (χ2v) is 19.3. The van der Waals surface area contributed by atoms with Crippen LogP contribution in [0.5, 0.6) is 0 Å². The van der Waals surface area contributed by atoms with Crippen molar-refractivity contribution in [1.29, 1.82) is 0 Å². The number of amides is 5. The van der Waals surface area contributed by atoms with Crippen molar-refractivity contribution in [3.63, 3.8) is 0 Å². The molecule has 2 atom stereocenters. The van der Waals surface area contributed by atoms with Gasteiger partial charge in [0.2, 0.25) is 17.7 Å². The maximum absolute atomic E-state index is 14.0. The van der Waals surface area contributed by atoms with Crippen molar-refractivity contribution in [2.45, 2.75) is 75.9 Å². The van der Waals surface area contributed by atoms with E-state index in [1.807, 2.05) is 46.1 Å². The highest BCUT2D eigenvalue weighted by molar-refractivity contribution is 6.06. The number of nitrogens with two attached hydrogens (primary N) is 1. The summed E-state index contributed by atoms with van der Waals surface area (Å²) in [4.78, 5) is 82.7. The quantitative estimate of drug-likeness (QED) is 0.134. The van der Waals surface area contributed by atoms with Gasteiger partial charge in [-0.3, -0.25) is 39.0 Å². The van der Waals surface area contributed by atoms with Gasteiger partial charge in [0.25, 0.3) is 11.8 Å². The minimum Gasteiger partial charge on any atom is -0.382 e. The molecule has 5 aromatic rings. The predicted molar refractivity (Wildman–Crippen MR) is 256 cm³/mol. The molecular formula is C52H58FN11O5. The van der Waals surface area contributed by atoms with E-state index in [9.17, 15) is 28.4 Å². The first kappa shape index (κ1) is 44.6. The molecule has 5 aliphatic rings. The number of aromatic nitrogens is 4. The molecule has 4 N–H and O–H groups in total. The molecule has 5 amide bonds. The van der Waals surface area contributed by atoms with E-state index in [1.165, 1.54) is 29.2 Å². The number of nitrogens with one attached hydrogen (secondary N) is 2. The summed E-state index contributed by atoms with van der Waals surface area (Å²) < 4.78 is 24.1. The first-order valence-electron chi connectivity index (χ1n) is 24.8. The van der Waals surface area contributed by atoms with Crippen LogP contribution in [0.15, 0.2) is 91.4 Å². The molecule has 358 valence electrons. The van der Waals surface area contributed by atoms with Gasteiger partial charge in [-0.1, -0.05) is 30.3 Å². The summed E-state index contributed by atoms with van der Waals surface area (Å²) in [6.07, 6.45) is 10.1. The maximum atomic E-state index is 14.0. The fourth-order valence-corrected chi connectivity index (χ4v) is 10.9. The highest BCUT2D eigenvalue weighted by Crippen LogP contribution is 2.35. The Morgan fingerprint density at radius 2 is 1.54 bits per heavy atom. The summed E-state index contributed by atoms with van der Waals surface area (Å²) in [5, 5.41) is 9.99. The van der Waals surface area contributed by atoms with Crippen LogP contribution in [0, 0.1) is 17.7 Å². The molecule has 1 unspecified atom stereocenters. The lowest BCUT2D eigenvalue weighted by Crippen LogP contribution is -2.52. The third-order valence-corrected chi connectivity index (χ3v) is 14.8. The van der Waals surface area contributed by atoms with Gasteiger partial charge in [-0.25, -0.2) is 9.37 Å². The van der Waals surface area contributed by atoms with E-state index in [0.717, 1.165) is 83.4 Å². The largest absolute Gasteiger partial charge is 0.382 e. The molecule has 0 spiro atoms. The Kier molecular flexibility index (Phi) is 12.9. The van der Waals surface area contributed by atoms with E-state index in [1.54, 1.807) is 24.4 Å².